The van der Waals surface area contributed by atoms with E-state index in [1.165, 1.54) is 0 Å². The van der Waals surface area contributed by atoms with Gasteiger partial charge in [0.1, 0.15) is 0 Å². The number of aromatic amines is 1. The van der Waals surface area contributed by atoms with Crippen LogP contribution in [0.1, 0.15) is 13.3 Å². The van der Waals surface area contributed by atoms with E-state index >= 15 is 0 Å². The summed E-state index contributed by atoms with van der Waals surface area (Å²) in [5, 5.41) is 1.01. The van der Waals surface area contributed by atoms with E-state index in [2.05, 4.69) is 4.98 Å². The average Bonchev–Trinajstić information content (AvgIpc) is 3.24. The number of rotatable bonds is 4. The summed E-state index contributed by atoms with van der Waals surface area (Å²) >= 11 is 0. The van der Waals surface area contributed by atoms with E-state index in [4.69, 9.17) is 4.78 Å². The highest BCUT2D eigenvalue weighted by Gasteiger charge is 2.39. The van der Waals surface area contributed by atoms with Crippen LogP contribution in [0.5, 0.6) is 0 Å². The van der Waals surface area contributed by atoms with Gasteiger partial charge >= 0.3 is 0 Å². The Labute approximate surface area is 157 Å². The number of hydrogen-bond donors (Lipinski definition) is 2. The average molecular weight is 389 g/mol. The zero-order valence-electron chi connectivity index (χ0n) is 15.0. The lowest BCUT2D eigenvalue weighted by Crippen LogP contribution is -2.25. The summed E-state index contributed by atoms with van der Waals surface area (Å²) in [6, 6.07) is 14.8. The Morgan fingerprint density at radius 3 is 2.67 bits per heavy atom. The van der Waals surface area contributed by atoms with Crippen molar-refractivity contribution < 1.29 is 13.0 Å². The molecule has 4 nitrogen and oxygen atoms in total. The Hall–Kier alpha value is -2.41. The maximum absolute atomic E-state index is 13.8. The number of H-pyrrole nitrogens is 1. The first-order valence-electron chi connectivity index (χ1n) is 8.90. The second-order valence-electron chi connectivity index (χ2n) is 6.94. The van der Waals surface area contributed by atoms with Crippen molar-refractivity contribution in [2.75, 3.05) is 23.7 Å². The van der Waals surface area contributed by atoms with Crippen LogP contribution in [0.3, 0.4) is 0 Å². The molecule has 1 atom stereocenters. The van der Waals surface area contributed by atoms with E-state index in [1.807, 2.05) is 30.3 Å². The first-order chi connectivity index (χ1) is 12.8. The van der Waals surface area contributed by atoms with Crippen molar-refractivity contribution in [3.63, 3.8) is 0 Å². The van der Waals surface area contributed by atoms with Crippen molar-refractivity contribution in [1.29, 1.82) is 4.78 Å². The lowest BCUT2D eigenvalue weighted by molar-refractivity contribution is 0.0257. The molecule has 1 unspecified atom stereocenters. The van der Waals surface area contributed by atoms with Crippen molar-refractivity contribution in [1.82, 2.24) is 4.98 Å². The molecule has 7 heteroatoms. The summed E-state index contributed by atoms with van der Waals surface area (Å²) in [6.07, 6.45) is -0.176. The van der Waals surface area contributed by atoms with E-state index in [-0.39, 0.29) is 25.3 Å². The molecule has 0 amide bonds. The van der Waals surface area contributed by atoms with Crippen LogP contribution >= 0.6 is 0 Å². The molecule has 142 valence electrons. The molecule has 4 rings (SSSR count). The van der Waals surface area contributed by atoms with Gasteiger partial charge < -0.3 is 9.88 Å². The van der Waals surface area contributed by atoms with E-state index in [0.29, 0.717) is 16.1 Å². The summed E-state index contributed by atoms with van der Waals surface area (Å²) in [5.41, 5.74) is 3.09. The summed E-state index contributed by atoms with van der Waals surface area (Å²) in [7, 11) is -2.90. The number of anilines is 1. The number of benzene rings is 2. The van der Waals surface area contributed by atoms with Crippen LogP contribution in [0.25, 0.3) is 22.2 Å². The lowest BCUT2D eigenvalue weighted by atomic mass is 10.1. The zero-order chi connectivity index (χ0) is 19.2. The molecule has 2 aromatic carbocycles. The Kier molecular flexibility index (Phi) is 4.22. The van der Waals surface area contributed by atoms with E-state index in [0.717, 1.165) is 16.6 Å². The minimum absolute atomic E-state index is 0.176. The van der Waals surface area contributed by atoms with E-state index in [9.17, 15) is 13.0 Å². The first-order valence-corrected chi connectivity index (χ1v) is 10.6. The molecule has 1 aliphatic rings. The van der Waals surface area contributed by atoms with Gasteiger partial charge in [0, 0.05) is 51.5 Å². The van der Waals surface area contributed by atoms with Gasteiger partial charge in [0.15, 0.2) is 0 Å². The molecule has 1 aliphatic heterocycles. The highest BCUT2D eigenvalue weighted by atomic mass is 32.2. The minimum Gasteiger partial charge on any atom is -0.365 e. The highest BCUT2D eigenvalue weighted by molar-refractivity contribution is 7.92. The number of alkyl halides is 2. The van der Waals surface area contributed by atoms with Crippen LogP contribution in [0.4, 0.5) is 14.5 Å². The maximum atomic E-state index is 13.8. The van der Waals surface area contributed by atoms with Crippen LogP contribution in [-0.2, 0) is 9.73 Å². The third-order valence-electron chi connectivity index (χ3n) is 5.09. The monoisotopic (exact) mass is 389 g/mol. The Morgan fingerprint density at radius 2 is 2.00 bits per heavy atom. The molecular weight excluding hydrogens is 368 g/mol. The van der Waals surface area contributed by atoms with Crippen LogP contribution in [0.15, 0.2) is 53.4 Å². The molecule has 2 heterocycles. The molecule has 0 saturated carbocycles. The molecule has 0 radical (unpaired) electrons. The van der Waals surface area contributed by atoms with Gasteiger partial charge in [-0.15, -0.1) is 0 Å². The summed E-state index contributed by atoms with van der Waals surface area (Å²) < 4.78 is 48.2. The van der Waals surface area contributed by atoms with Crippen LogP contribution < -0.4 is 4.90 Å². The van der Waals surface area contributed by atoms with Crippen LogP contribution in [-0.4, -0.2) is 34.0 Å². The molecule has 2 N–H and O–H groups in total. The number of fused-ring (bicyclic) bond motifs is 1. The van der Waals surface area contributed by atoms with Gasteiger partial charge in [-0.25, -0.2) is 17.8 Å². The maximum Gasteiger partial charge on any atom is 0.266 e. The molecular formula is C20H21F2N3OS. The van der Waals surface area contributed by atoms with Crippen molar-refractivity contribution in [2.24, 2.45) is 0 Å². The number of aromatic nitrogens is 1. The standard InChI is InChI=1S/C20H21F2N3OS/c1-2-27(23,26)15-7-8-19(25-10-9-20(21,22)13-25)16(12-15)18-11-14-5-3-4-6-17(14)24-18/h3-8,11-12,23-24H,2,9-10,13H2,1H3. The number of hydrogen-bond acceptors (Lipinski definition) is 3. The fraction of sp³-hybridized carbons (Fsp3) is 0.300. The molecule has 1 fully saturated rings. The SMILES string of the molecule is CCS(=N)(=O)c1ccc(N2CCC(F)(F)C2)c(-c2cc3ccccc3[nH]2)c1. The second kappa shape index (κ2) is 6.34. The van der Waals surface area contributed by atoms with Crippen molar-refractivity contribution >= 4 is 26.3 Å². The molecule has 3 aromatic rings. The predicted octanol–water partition coefficient (Wildman–Crippen LogP) is 5.11. The van der Waals surface area contributed by atoms with Gasteiger partial charge in [0.05, 0.1) is 16.3 Å². The van der Waals surface area contributed by atoms with E-state index in [1.54, 1.807) is 30.0 Å². The molecule has 1 saturated heterocycles. The Bertz CT molecular complexity index is 1070. The van der Waals surface area contributed by atoms with Crippen molar-refractivity contribution in [3.05, 3.63) is 48.5 Å². The topological polar surface area (TPSA) is 60.0 Å². The summed E-state index contributed by atoms with van der Waals surface area (Å²) in [4.78, 5) is 5.42. The molecule has 27 heavy (non-hydrogen) atoms. The smallest absolute Gasteiger partial charge is 0.266 e. The van der Waals surface area contributed by atoms with Crippen LogP contribution in [0, 0.1) is 4.78 Å². The zero-order valence-corrected chi connectivity index (χ0v) is 15.8. The normalized spacial score (nSPS) is 18.7. The number of para-hydroxylation sites is 1. The van der Waals surface area contributed by atoms with Crippen molar-refractivity contribution in [2.45, 2.75) is 24.2 Å². The third-order valence-corrected chi connectivity index (χ3v) is 6.91. The third kappa shape index (κ3) is 3.32. The Balaban J connectivity index is 1.89. The second-order valence-corrected chi connectivity index (χ2v) is 9.34. The molecule has 1 aromatic heterocycles. The summed E-state index contributed by atoms with van der Waals surface area (Å²) in [5.74, 6) is -2.50. The van der Waals surface area contributed by atoms with Gasteiger partial charge in [-0.2, -0.15) is 0 Å². The quantitative estimate of drug-likeness (QED) is 0.652. The molecule has 0 bridgehead atoms. The first kappa shape index (κ1) is 18.0. The predicted molar refractivity (Wildman–Crippen MR) is 105 cm³/mol. The molecule has 0 spiro atoms. The van der Waals surface area contributed by atoms with Gasteiger partial charge in [-0.3, -0.25) is 0 Å². The number of nitrogens with one attached hydrogen (secondary N) is 2. The van der Waals surface area contributed by atoms with Gasteiger partial charge in [0.25, 0.3) is 5.92 Å². The number of halogens is 2. The molecule has 0 aliphatic carbocycles. The Morgan fingerprint density at radius 1 is 1.22 bits per heavy atom. The fourth-order valence-corrected chi connectivity index (χ4v) is 4.47. The summed E-state index contributed by atoms with van der Waals surface area (Å²) in [6.45, 7) is 1.65. The fourth-order valence-electron chi connectivity index (χ4n) is 3.54. The number of nitrogens with zero attached hydrogens (tertiary/aromatic N) is 1. The van der Waals surface area contributed by atoms with Crippen molar-refractivity contribution in [3.8, 4) is 11.3 Å². The van der Waals surface area contributed by atoms with Crippen LogP contribution in [0.2, 0.25) is 0 Å². The van der Waals surface area contributed by atoms with Gasteiger partial charge in [0.2, 0.25) is 0 Å². The largest absolute Gasteiger partial charge is 0.365 e. The van der Waals surface area contributed by atoms with Gasteiger partial charge in [-0.05, 0) is 30.3 Å². The van der Waals surface area contributed by atoms with E-state index < -0.39 is 15.7 Å². The highest BCUT2D eigenvalue weighted by Crippen LogP contribution is 2.39. The van der Waals surface area contributed by atoms with Gasteiger partial charge in [-0.1, -0.05) is 25.1 Å². The lowest BCUT2D eigenvalue weighted by Gasteiger charge is -2.22. The minimum atomic E-state index is -2.90.